The molecule has 0 saturated heterocycles. The van der Waals surface area contributed by atoms with Crippen molar-refractivity contribution in [3.05, 3.63) is 76.9 Å². The SMILES string of the molecule is CCc1ccc(NC(=O)[C@@H]2c3cc(OC)c(OC)cc3C(=O)N(C)[C@@H]2c2ccc(OC)c(OC)c2)cc1. The number of ether oxygens (including phenoxy) is 4. The second-order valence-electron chi connectivity index (χ2n) is 8.79. The average molecular weight is 505 g/mol. The fourth-order valence-corrected chi connectivity index (χ4v) is 4.83. The number of methoxy groups -OCH3 is 4. The molecule has 0 aromatic heterocycles. The van der Waals surface area contributed by atoms with Crippen LogP contribution < -0.4 is 24.3 Å². The van der Waals surface area contributed by atoms with Gasteiger partial charge in [-0.3, -0.25) is 9.59 Å². The normalized spacial score (nSPS) is 16.6. The molecule has 0 saturated carbocycles. The predicted molar refractivity (Wildman–Crippen MR) is 141 cm³/mol. The number of hydrogen-bond acceptors (Lipinski definition) is 6. The first-order chi connectivity index (χ1) is 17.9. The van der Waals surface area contributed by atoms with E-state index in [-0.39, 0.29) is 11.8 Å². The molecule has 194 valence electrons. The lowest BCUT2D eigenvalue weighted by atomic mass is 9.79. The van der Waals surface area contributed by atoms with Crippen LogP contribution in [0.5, 0.6) is 23.0 Å². The van der Waals surface area contributed by atoms with Crippen molar-refractivity contribution in [3.8, 4) is 23.0 Å². The highest BCUT2D eigenvalue weighted by Crippen LogP contribution is 2.47. The summed E-state index contributed by atoms with van der Waals surface area (Å²) in [5.74, 6) is 0.690. The van der Waals surface area contributed by atoms with Crippen LogP contribution in [0.1, 0.15) is 45.9 Å². The molecule has 1 heterocycles. The lowest BCUT2D eigenvalue weighted by Gasteiger charge is -2.40. The van der Waals surface area contributed by atoms with Crippen molar-refractivity contribution < 1.29 is 28.5 Å². The van der Waals surface area contributed by atoms with Crippen LogP contribution in [-0.2, 0) is 11.2 Å². The highest BCUT2D eigenvalue weighted by molar-refractivity contribution is 6.05. The van der Waals surface area contributed by atoms with Crippen molar-refractivity contribution in [1.29, 1.82) is 0 Å². The van der Waals surface area contributed by atoms with E-state index in [1.165, 1.54) is 19.8 Å². The Bertz CT molecular complexity index is 1300. The molecule has 0 radical (unpaired) electrons. The topological polar surface area (TPSA) is 86.3 Å². The average Bonchev–Trinajstić information content (AvgIpc) is 2.93. The maximum Gasteiger partial charge on any atom is 0.254 e. The van der Waals surface area contributed by atoms with Crippen molar-refractivity contribution in [2.45, 2.75) is 25.3 Å². The number of carbonyl (C=O) groups is 2. The van der Waals surface area contributed by atoms with Crippen molar-refractivity contribution >= 4 is 17.5 Å². The Kier molecular flexibility index (Phi) is 7.57. The fraction of sp³-hybridized carbons (Fsp3) is 0.310. The van der Waals surface area contributed by atoms with E-state index in [1.807, 2.05) is 30.3 Å². The molecule has 0 bridgehead atoms. The zero-order chi connectivity index (χ0) is 26.7. The second-order valence-corrected chi connectivity index (χ2v) is 8.79. The Morgan fingerprint density at radius 3 is 2.03 bits per heavy atom. The van der Waals surface area contributed by atoms with Gasteiger partial charge in [-0.05, 0) is 59.5 Å². The summed E-state index contributed by atoms with van der Waals surface area (Å²) in [6.45, 7) is 2.08. The standard InChI is InChI=1S/C29H32N2O6/c1-7-17-8-11-19(12-9-17)30-28(32)26-20-15-24(36-5)25(37-6)16-21(20)29(33)31(2)27(26)18-10-13-22(34-3)23(14-18)35-4/h8-16,26-27H,7H2,1-6H3,(H,30,32)/t26-,27-/m1/s1. The molecule has 2 amide bonds. The molecule has 4 rings (SSSR count). The van der Waals surface area contributed by atoms with Crippen LogP contribution in [0, 0.1) is 0 Å². The van der Waals surface area contributed by atoms with Crippen molar-refractivity contribution in [2.75, 3.05) is 40.8 Å². The number of nitrogens with one attached hydrogen (secondary N) is 1. The zero-order valence-electron chi connectivity index (χ0n) is 22.0. The van der Waals surface area contributed by atoms with Gasteiger partial charge < -0.3 is 29.2 Å². The third-order valence-corrected chi connectivity index (χ3v) is 6.84. The first kappa shape index (κ1) is 25.9. The summed E-state index contributed by atoms with van der Waals surface area (Å²) in [5, 5.41) is 3.05. The van der Waals surface area contributed by atoms with Crippen molar-refractivity contribution in [1.82, 2.24) is 4.90 Å². The van der Waals surface area contributed by atoms with Gasteiger partial charge in [0.25, 0.3) is 5.91 Å². The van der Waals surface area contributed by atoms with Gasteiger partial charge >= 0.3 is 0 Å². The van der Waals surface area contributed by atoms with Crippen LogP contribution in [0.2, 0.25) is 0 Å². The molecule has 1 N–H and O–H groups in total. The minimum Gasteiger partial charge on any atom is -0.493 e. The largest absolute Gasteiger partial charge is 0.493 e. The fourth-order valence-electron chi connectivity index (χ4n) is 4.83. The van der Waals surface area contributed by atoms with Crippen LogP contribution >= 0.6 is 0 Å². The number of likely N-dealkylation sites (N-methyl/N-ethyl adjacent to an activating group) is 1. The van der Waals surface area contributed by atoms with Gasteiger partial charge in [0.15, 0.2) is 23.0 Å². The Balaban J connectivity index is 1.87. The number of benzene rings is 3. The van der Waals surface area contributed by atoms with Gasteiger partial charge in [-0.2, -0.15) is 0 Å². The minimum absolute atomic E-state index is 0.230. The van der Waals surface area contributed by atoms with Crippen LogP contribution in [-0.4, -0.2) is 52.2 Å². The molecule has 37 heavy (non-hydrogen) atoms. The first-order valence-electron chi connectivity index (χ1n) is 12.0. The van der Waals surface area contributed by atoms with Crippen molar-refractivity contribution in [2.24, 2.45) is 0 Å². The molecule has 1 aliphatic rings. The number of amides is 2. The van der Waals surface area contributed by atoms with Gasteiger partial charge in [0, 0.05) is 18.3 Å². The van der Waals surface area contributed by atoms with E-state index in [4.69, 9.17) is 18.9 Å². The number of fused-ring (bicyclic) bond motifs is 1. The highest BCUT2D eigenvalue weighted by atomic mass is 16.5. The Hall–Kier alpha value is -4.20. The van der Waals surface area contributed by atoms with E-state index in [1.54, 1.807) is 50.4 Å². The minimum atomic E-state index is -0.749. The van der Waals surface area contributed by atoms with E-state index in [0.717, 1.165) is 12.0 Å². The summed E-state index contributed by atoms with van der Waals surface area (Å²) < 4.78 is 21.9. The molecular weight excluding hydrogens is 472 g/mol. The molecule has 0 fully saturated rings. The third kappa shape index (κ3) is 4.79. The van der Waals surface area contributed by atoms with Gasteiger partial charge in [0.05, 0.1) is 40.4 Å². The number of rotatable bonds is 8. The van der Waals surface area contributed by atoms with E-state index < -0.39 is 12.0 Å². The first-order valence-corrected chi connectivity index (χ1v) is 12.0. The highest BCUT2D eigenvalue weighted by Gasteiger charge is 2.44. The Morgan fingerprint density at radius 2 is 1.43 bits per heavy atom. The van der Waals surface area contributed by atoms with E-state index >= 15 is 0 Å². The Labute approximate surface area is 217 Å². The summed E-state index contributed by atoms with van der Waals surface area (Å²) in [6.07, 6.45) is 0.903. The van der Waals surface area contributed by atoms with Gasteiger partial charge in [-0.15, -0.1) is 0 Å². The molecule has 2 atom stereocenters. The maximum atomic E-state index is 14.0. The van der Waals surface area contributed by atoms with Crippen LogP contribution in [0.25, 0.3) is 0 Å². The summed E-state index contributed by atoms with van der Waals surface area (Å²) in [7, 11) is 7.84. The second kappa shape index (κ2) is 10.8. The van der Waals surface area contributed by atoms with Gasteiger partial charge in [0.1, 0.15) is 0 Å². The van der Waals surface area contributed by atoms with Gasteiger partial charge in [0.2, 0.25) is 5.91 Å². The summed E-state index contributed by atoms with van der Waals surface area (Å²) in [6, 6.07) is 15.9. The quantitative estimate of drug-likeness (QED) is 0.473. The molecule has 1 aliphatic heterocycles. The molecule has 0 aliphatic carbocycles. The smallest absolute Gasteiger partial charge is 0.254 e. The van der Waals surface area contributed by atoms with Crippen LogP contribution in [0.4, 0.5) is 5.69 Å². The lowest BCUT2D eigenvalue weighted by Crippen LogP contribution is -2.44. The van der Waals surface area contributed by atoms with Gasteiger partial charge in [-0.1, -0.05) is 25.1 Å². The molecule has 3 aromatic carbocycles. The number of hydrogen-bond donors (Lipinski definition) is 1. The lowest BCUT2D eigenvalue weighted by molar-refractivity contribution is -0.119. The summed E-state index contributed by atoms with van der Waals surface area (Å²) >= 11 is 0. The van der Waals surface area contributed by atoms with E-state index in [2.05, 4.69) is 12.2 Å². The molecule has 3 aromatic rings. The summed E-state index contributed by atoms with van der Waals surface area (Å²) in [5.41, 5.74) is 3.53. The number of aryl methyl sites for hydroxylation is 1. The van der Waals surface area contributed by atoms with Crippen LogP contribution in [0.3, 0.4) is 0 Å². The third-order valence-electron chi connectivity index (χ3n) is 6.84. The van der Waals surface area contributed by atoms with Gasteiger partial charge in [-0.25, -0.2) is 0 Å². The number of nitrogens with zero attached hydrogens (tertiary/aromatic N) is 1. The number of anilines is 1. The number of carbonyl (C=O) groups excluding carboxylic acids is 2. The van der Waals surface area contributed by atoms with E-state index in [0.29, 0.717) is 39.8 Å². The molecule has 8 heteroatoms. The molecule has 0 unspecified atom stereocenters. The van der Waals surface area contributed by atoms with Crippen LogP contribution in [0.15, 0.2) is 54.6 Å². The zero-order valence-corrected chi connectivity index (χ0v) is 22.0. The summed E-state index contributed by atoms with van der Waals surface area (Å²) in [4.78, 5) is 29.1. The Morgan fingerprint density at radius 1 is 0.838 bits per heavy atom. The van der Waals surface area contributed by atoms with E-state index in [9.17, 15) is 9.59 Å². The molecule has 0 spiro atoms. The molecular formula is C29H32N2O6. The maximum absolute atomic E-state index is 14.0. The molecule has 8 nitrogen and oxygen atoms in total. The monoisotopic (exact) mass is 504 g/mol. The predicted octanol–water partition coefficient (Wildman–Crippen LogP) is 4.83. The van der Waals surface area contributed by atoms with Crippen molar-refractivity contribution in [3.63, 3.8) is 0 Å².